The molecular formula is C30H40ClN3O4. The van der Waals surface area contributed by atoms with Crippen molar-refractivity contribution >= 4 is 23.4 Å². The highest BCUT2D eigenvalue weighted by atomic mass is 35.5. The number of nitrogens with zero attached hydrogens (tertiary/aromatic N) is 2. The van der Waals surface area contributed by atoms with Crippen LogP contribution in [-0.2, 0) is 28.8 Å². The van der Waals surface area contributed by atoms with Crippen LogP contribution < -0.4 is 10.1 Å². The van der Waals surface area contributed by atoms with Gasteiger partial charge in [-0.25, -0.2) is 4.98 Å². The molecule has 206 valence electrons. The van der Waals surface area contributed by atoms with Crippen molar-refractivity contribution in [3.63, 3.8) is 0 Å². The number of carbonyl (C=O) groups is 1. The zero-order valence-electron chi connectivity index (χ0n) is 22.4. The summed E-state index contributed by atoms with van der Waals surface area (Å²) in [6, 6.07) is 7.27. The first-order valence-corrected chi connectivity index (χ1v) is 14.6. The van der Waals surface area contributed by atoms with Crippen molar-refractivity contribution in [1.29, 1.82) is 0 Å². The molecule has 2 fully saturated rings. The second kappa shape index (κ2) is 12.7. The van der Waals surface area contributed by atoms with E-state index in [4.69, 9.17) is 26.1 Å². The second-order valence-corrected chi connectivity index (χ2v) is 11.4. The Bertz CT molecular complexity index is 1120. The normalized spacial score (nSPS) is 20.1. The monoisotopic (exact) mass is 541 g/mol. The Labute approximate surface area is 230 Å². The van der Waals surface area contributed by atoms with E-state index in [9.17, 15) is 9.90 Å². The van der Waals surface area contributed by atoms with Crippen LogP contribution in [-0.4, -0.2) is 60.4 Å². The van der Waals surface area contributed by atoms with E-state index in [-0.39, 0.29) is 6.10 Å². The summed E-state index contributed by atoms with van der Waals surface area (Å²) in [4.78, 5) is 19.2. The molecule has 0 bridgehead atoms. The van der Waals surface area contributed by atoms with Crippen LogP contribution in [0.3, 0.4) is 0 Å². The zero-order valence-corrected chi connectivity index (χ0v) is 23.1. The molecule has 2 atom stereocenters. The number of methoxy groups -OCH3 is 1. The van der Waals surface area contributed by atoms with Gasteiger partial charge < -0.3 is 19.9 Å². The molecule has 7 nitrogen and oxygen atoms in total. The Morgan fingerprint density at radius 1 is 1.24 bits per heavy atom. The van der Waals surface area contributed by atoms with Gasteiger partial charge in [0.2, 0.25) is 0 Å². The summed E-state index contributed by atoms with van der Waals surface area (Å²) in [6.45, 7) is 2.98. The highest BCUT2D eigenvalue weighted by Crippen LogP contribution is 2.41. The Kier molecular flexibility index (Phi) is 9.08. The van der Waals surface area contributed by atoms with E-state index in [1.807, 2.05) is 11.0 Å². The third-order valence-electron chi connectivity index (χ3n) is 8.02. The maximum atomic E-state index is 12.5. The molecule has 0 spiro atoms. The van der Waals surface area contributed by atoms with Gasteiger partial charge in [0.1, 0.15) is 17.6 Å². The summed E-state index contributed by atoms with van der Waals surface area (Å²) >= 11 is 6.45. The summed E-state index contributed by atoms with van der Waals surface area (Å²) in [5.74, 6) is 1.50. The number of carboxylic acids is 1. The number of pyridine rings is 1. The highest BCUT2D eigenvalue weighted by Gasteiger charge is 2.37. The van der Waals surface area contributed by atoms with E-state index < -0.39 is 12.0 Å². The first-order valence-electron chi connectivity index (χ1n) is 14.2. The molecule has 38 heavy (non-hydrogen) atoms. The van der Waals surface area contributed by atoms with E-state index in [1.165, 1.54) is 24.8 Å². The SMILES string of the molecule is COc1c(CC2CC2)cc(Cl)cc1[C@@H](C(=O)O)N1CC[C@@H](OCCCCCc2ccc3c(n2)NCCC3)C1. The molecule has 0 unspecified atom stereocenters. The van der Waals surface area contributed by atoms with Crippen LogP contribution in [0.2, 0.25) is 5.02 Å². The molecule has 2 aromatic rings. The number of likely N-dealkylation sites (tertiary alicyclic amines) is 1. The molecule has 1 saturated heterocycles. The molecule has 1 aromatic heterocycles. The third-order valence-corrected chi connectivity index (χ3v) is 8.24. The third kappa shape index (κ3) is 6.80. The lowest BCUT2D eigenvalue weighted by atomic mass is 9.98. The summed E-state index contributed by atoms with van der Waals surface area (Å²) in [5.41, 5.74) is 4.14. The number of unbranched alkanes of at least 4 members (excludes halogenated alkanes) is 2. The van der Waals surface area contributed by atoms with Crippen molar-refractivity contribution in [3.05, 3.63) is 51.7 Å². The fraction of sp³-hybridized carbons (Fsp3) is 0.600. The Morgan fingerprint density at radius 3 is 2.89 bits per heavy atom. The zero-order chi connectivity index (χ0) is 26.5. The predicted molar refractivity (Wildman–Crippen MR) is 149 cm³/mol. The molecule has 5 rings (SSSR count). The van der Waals surface area contributed by atoms with Crippen molar-refractivity contribution in [1.82, 2.24) is 9.88 Å². The number of aryl methyl sites for hydroxylation is 2. The molecule has 1 aliphatic carbocycles. The Hall–Kier alpha value is -2.35. The van der Waals surface area contributed by atoms with Gasteiger partial charge >= 0.3 is 5.97 Å². The van der Waals surface area contributed by atoms with Crippen LogP contribution >= 0.6 is 11.6 Å². The number of aromatic nitrogens is 1. The number of carboxylic acid groups (broad SMARTS) is 1. The smallest absolute Gasteiger partial charge is 0.325 e. The number of anilines is 1. The average molecular weight is 542 g/mol. The molecule has 3 aliphatic rings. The van der Waals surface area contributed by atoms with Crippen LogP contribution in [0.5, 0.6) is 5.75 Å². The quantitative estimate of drug-likeness (QED) is 0.315. The van der Waals surface area contributed by atoms with Crippen LogP contribution in [0.15, 0.2) is 24.3 Å². The van der Waals surface area contributed by atoms with E-state index in [1.54, 1.807) is 13.2 Å². The van der Waals surface area contributed by atoms with E-state index in [0.717, 1.165) is 68.6 Å². The summed E-state index contributed by atoms with van der Waals surface area (Å²) < 4.78 is 11.9. The van der Waals surface area contributed by atoms with Crippen molar-refractivity contribution in [2.75, 3.05) is 38.7 Å². The maximum absolute atomic E-state index is 12.5. The van der Waals surface area contributed by atoms with Gasteiger partial charge in [0.05, 0.1) is 13.2 Å². The first-order chi connectivity index (χ1) is 18.5. The highest BCUT2D eigenvalue weighted by molar-refractivity contribution is 6.30. The van der Waals surface area contributed by atoms with Crippen molar-refractivity contribution in [2.45, 2.75) is 76.4 Å². The molecule has 3 heterocycles. The van der Waals surface area contributed by atoms with Crippen LogP contribution in [0.1, 0.15) is 73.4 Å². The fourth-order valence-electron chi connectivity index (χ4n) is 5.86. The first kappa shape index (κ1) is 27.2. The summed E-state index contributed by atoms with van der Waals surface area (Å²) in [6.07, 6.45) is 10.6. The van der Waals surface area contributed by atoms with E-state index in [0.29, 0.717) is 41.9 Å². The molecule has 1 aromatic carbocycles. The molecule has 2 N–H and O–H groups in total. The standard InChI is InChI=1S/C30H40ClN3O4/c1-37-28-22(16-20-8-9-20)17-23(31)18-26(28)27(30(35)36)34-14-12-25(19-34)38-15-4-2-3-7-24-11-10-21-6-5-13-32-29(21)33-24/h10-11,17-18,20,25,27H,2-9,12-16,19H2,1H3,(H,32,33)(H,35,36)/t25-,27+/m1/s1. The van der Waals surface area contributed by atoms with E-state index in [2.05, 4.69) is 17.4 Å². The minimum absolute atomic E-state index is 0.0429. The van der Waals surface area contributed by atoms with Crippen molar-refractivity contribution < 1.29 is 19.4 Å². The van der Waals surface area contributed by atoms with Gasteiger partial charge in [-0.05, 0) is 93.0 Å². The topological polar surface area (TPSA) is 83.9 Å². The molecule has 2 aliphatic heterocycles. The van der Waals surface area contributed by atoms with Crippen molar-refractivity contribution in [2.24, 2.45) is 5.92 Å². The van der Waals surface area contributed by atoms with Gasteiger partial charge in [0, 0.05) is 42.5 Å². The maximum Gasteiger partial charge on any atom is 0.325 e. The number of fused-ring (bicyclic) bond motifs is 1. The number of hydrogen-bond acceptors (Lipinski definition) is 6. The Morgan fingerprint density at radius 2 is 2.11 bits per heavy atom. The fourth-order valence-corrected chi connectivity index (χ4v) is 6.11. The van der Waals surface area contributed by atoms with Gasteiger partial charge in [-0.2, -0.15) is 0 Å². The van der Waals surface area contributed by atoms with Crippen molar-refractivity contribution in [3.8, 4) is 5.75 Å². The van der Waals surface area contributed by atoms with Gasteiger partial charge in [-0.15, -0.1) is 0 Å². The van der Waals surface area contributed by atoms with Crippen LogP contribution in [0, 0.1) is 5.92 Å². The Balaban J connectivity index is 1.10. The lowest BCUT2D eigenvalue weighted by Gasteiger charge is -2.27. The van der Waals surface area contributed by atoms with Crippen LogP contribution in [0.4, 0.5) is 5.82 Å². The van der Waals surface area contributed by atoms with Gasteiger partial charge in [0.15, 0.2) is 0 Å². The number of ether oxygens (including phenoxy) is 2. The van der Waals surface area contributed by atoms with Gasteiger partial charge in [0.25, 0.3) is 0 Å². The van der Waals surface area contributed by atoms with Crippen LogP contribution in [0.25, 0.3) is 0 Å². The molecular weight excluding hydrogens is 502 g/mol. The molecule has 0 amide bonds. The van der Waals surface area contributed by atoms with Gasteiger partial charge in [-0.1, -0.05) is 24.1 Å². The number of benzene rings is 1. The number of rotatable bonds is 13. The van der Waals surface area contributed by atoms with Gasteiger partial charge in [-0.3, -0.25) is 9.69 Å². The molecule has 8 heteroatoms. The molecule has 0 radical (unpaired) electrons. The summed E-state index contributed by atoms with van der Waals surface area (Å²) in [5, 5.41) is 14.2. The minimum Gasteiger partial charge on any atom is -0.496 e. The number of nitrogens with one attached hydrogen (secondary N) is 1. The molecule has 1 saturated carbocycles. The second-order valence-electron chi connectivity index (χ2n) is 11.0. The number of halogens is 1. The number of hydrogen-bond donors (Lipinski definition) is 2. The lowest BCUT2D eigenvalue weighted by molar-refractivity contribution is -0.143. The summed E-state index contributed by atoms with van der Waals surface area (Å²) in [7, 11) is 1.62. The minimum atomic E-state index is -0.880. The largest absolute Gasteiger partial charge is 0.496 e. The van der Waals surface area contributed by atoms with E-state index >= 15 is 0 Å². The number of aliphatic carboxylic acids is 1. The average Bonchev–Trinajstić information content (AvgIpc) is 3.61. The predicted octanol–water partition coefficient (Wildman–Crippen LogP) is 5.68. The lowest BCUT2D eigenvalue weighted by Crippen LogP contribution is -2.34.